The summed E-state index contributed by atoms with van der Waals surface area (Å²) in [5, 5.41) is 0. The van der Waals surface area contributed by atoms with Gasteiger partial charge in [-0.05, 0) is 47.0 Å². The summed E-state index contributed by atoms with van der Waals surface area (Å²) in [5.41, 5.74) is 3.34. The smallest absolute Gasteiger partial charge is 0.144 e. The number of hydrogen-bond acceptors (Lipinski definition) is 2. The van der Waals surface area contributed by atoms with E-state index in [0.717, 1.165) is 38.9 Å². The normalized spacial score (nSPS) is 10.7. The monoisotopic (exact) mass is 400 g/mol. The van der Waals surface area contributed by atoms with E-state index in [2.05, 4.69) is 73.9 Å². The summed E-state index contributed by atoms with van der Waals surface area (Å²) in [5.74, 6) is 0.809. The highest BCUT2D eigenvalue weighted by atomic mass is 79.9. The zero-order chi connectivity index (χ0) is 14.0. The Balaban J connectivity index is 2.59. The summed E-state index contributed by atoms with van der Waals surface area (Å²) in [7, 11) is 0. The van der Waals surface area contributed by atoms with Gasteiger partial charge < -0.3 is 4.98 Å². The Labute approximate surface area is 134 Å². The third kappa shape index (κ3) is 3.33. The largest absolute Gasteiger partial charge is 0.342 e. The van der Waals surface area contributed by atoms with Gasteiger partial charge in [-0.1, -0.05) is 47.6 Å². The lowest BCUT2D eigenvalue weighted by atomic mass is 10.1. The first kappa shape index (κ1) is 14.9. The van der Waals surface area contributed by atoms with Gasteiger partial charge in [-0.15, -0.1) is 0 Å². The van der Waals surface area contributed by atoms with Crippen molar-refractivity contribution in [3.05, 3.63) is 43.0 Å². The van der Waals surface area contributed by atoms with E-state index in [1.165, 1.54) is 5.56 Å². The van der Waals surface area contributed by atoms with Crippen LogP contribution < -0.4 is 0 Å². The Morgan fingerprint density at radius 2 is 2.05 bits per heavy atom. The molecule has 100 valence electrons. The molecule has 1 N–H and O–H groups in total. The van der Waals surface area contributed by atoms with Crippen molar-refractivity contribution in [1.82, 2.24) is 9.97 Å². The molecule has 0 aliphatic heterocycles. The first-order valence-corrected chi connectivity index (χ1v) is 8.07. The van der Waals surface area contributed by atoms with E-state index >= 15 is 0 Å². The van der Waals surface area contributed by atoms with Crippen molar-refractivity contribution in [3.63, 3.8) is 0 Å². The van der Waals surface area contributed by atoms with Crippen LogP contribution in [0.5, 0.6) is 0 Å². The van der Waals surface area contributed by atoms with Gasteiger partial charge in [0.25, 0.3) is 0 Å². The highest BCUT2D eigenvalue weighted by molar-refractivity contribution is 9.11. The van der Waals surface area contributed by atoms with Crippen LogP contribution in [0.3, 0.4) is 0 Å². The molecular formula is C14H14Br2N2S. The van der Waals surface area contributed by atoms with E-state index < -0.39 is 0 Å². The summed E-state index contributed by atoms with van der Waals surface area (Å²) in [4.78, 5) is 7.84. The lowest BCUT2D eigenvalue weighted by molar-refractivity contribution is 0.865. The molecule has 2 rings (SSSR count). The van der Waals surface area contributed by atoms with Crippen LogP contribution in [-0.4, -0.2) is 9.97 Å². The van der Waals surface area contributed by atoms with Gasteiger partial charge in [0, 0.05) is 15.7 Å². The minimum absolute atomic E-state index is 0.602. The maximum Gasteiger partial charge on any atom is 0.144 e. The van der Waals surface area contributed by atoms with Gasteiger partial charge in [0.2, 0.25) is 0 Å². The number of nitrogens with zero attached hydrogens (tertiary/aromatic N) is 1. The molecule has 1 heterocycles. The highest BCUT2D eigenvalue weighted by Gasteiger charge is 2.10. The molecule has 5 heteroatoms. The van der Waals surface area contributed by atoms with E-state index in [9.17, 15) is 0 Å². The van der Waals surface area contributed by atoms with Crippen LogP contribution in [-0.2, 0) is 6.42 Å². The van der Waals surface area contributed by atoms with Crippen molar-refractivity contribution < 1.29 is 0 Å². The van der Waals surface area contributed by atoms with Crippen molar-refractivity contribution in [1.29, 1.82) is 0 Å². The second-order valence-electron chi connectivity index (χ2n) is 4.42. The molecule has 0 bridgehead atoms. The number of aromatic nitrogens is 2. The van der Waals surface area contributed by atoms with Crippen molar-refractivity contribution in [2.24, 2.45) is 0 Å². The Morgan fingerprint density at radius 3 is 2.68 bits per heavy atom. The SMILES string of the molecule is CCCc1[nH]c(-c2ccc(C)cc2Br)nc(=S)c1Br. The molecule has 1 aromatic heterocycles. The van der Waals surface area contributed by atoms with Gasteiger partial charge in [0.1, 0.15) is 10.5 Å². The van der Waals surface area contributed by atoms with Crippen molar-refractivity contribution in [3.8, 4) is 11.4 Å². The highest BCUT2D eigenvalue weighted by Crippen LogP contribution is 2.28. The van der Waals surface area contributed by atoms with Gasteiger partial charge in [0.05, 0.1) is 4.47 Å². The maximum absolute atomic E-state index is 5.32. The number of rotatable bonds is 3. The predicted octanol–water partition coefficient (Wildman–Crippen LogP) is 5.59. The van der Waals surface area contributed by atoms with Crippen LogP contribution in [0.15, 0.2) is 27.1 Å². The molecule has 0 radical (unpaired) electrons. The molecule has 1 aromatic carbocycles. The molecule has 19 heavy (non-hydrogen) atoms. The van der Waals surface area contributed by atoms with Gasteiger partial charge >= 0.3 is 0 Å². The van der Waals surface area contributed by atoms with Gasteiger partial charge in [-0.3, -0.25) is 0 Å². The predicted molar refractivity (Wildman–Crippen MR) is 89.0 cm³/mol. The van der Waals surface area contributed by atoms with E-state index in [1.54, 1.807) is 0 Å². The van der Waals surface area contributed by atoms with Crippen LogP contribution in [0.1, 0.15) is 24.6 Å². The van der Waals surface area contributed by atoms with E-state index in [0.29, 0.717) is 4.64 Å². The lowest BCUT2D eigenvalue weighted by Crippen LogP contribution is -1.99. The molecule has 0 atom stereocenters. The summed E-state index contributed by atoms with van der Waals surface area (Å²) < 4.78 is 2.52. The second kappa shape index (κ2) is 6.29. The number of H-pyrrole nitrogens is 1. The first-order chi connectivity index (χ1) is 9.02. The molecule has 0 amide bonds. The van der Waals surface area contributed by atoms with Crippen molar-refractivity contribution in [2.45, 2.75) is 26.7 Å². The molecule has 2 aromatic rings. The number of aromatic amines is 1. The topological polar surface area (TPSA) is 28.7 Å². The Morgan fingerprint density at radius 1 is 1.32 bits per heavy atom. The van der Waals surface area contributed by atoms with Crippen molar-refractivity contribution in [2.75, 3.05) is 0 Å². The zero-order valence-corrected chi connectivity index (χ0v) is 14.7. The molecule has 0 saturated heterocycles. The molecule has 0 aliphatic carbocycles. The number of aryl methyl sites for hydroxylation is 2. The molecule has 0 aliphatic rings. The number of hydrogen-bond donors (Lipinski definition) is 1. The van der Waals surface area contributed by atoms with E-state index in [4.69, 9.17) is 12.2 Å². The van der Waals surface area contributed by atoms with Gasteiger partial charge in [-0.2, -0.15) is 0 Å². The fourth-order valence-corrected chi connectivity index (χ4v) is 3.15. The summed E-state index contributed by atoms with van der Waals surface area (Å²) >= 11 is 12.4. The van der Waals surface area contributed by atoms with E-state index in [1.807, 2.05) is 0 Å². The van der Waals surface area contributed by atoms with Crippen LogP contribution >= 0.6 is 44.1 Å². The lowest BCUT2D eigenvalue weighted by Gasteiger charge is -2.09. The molecule has 0 saturated carbocycles. The fraction of sp³-hybridized carbons (Fsp3) is 0.286. The zero-order valence-electron chi connectivity index (χ0n) is 10.8. The third-order valence-corrected chi connectivity index (χ3v) is 4.88. The second-order valence-corrected chi connectivity index (χ2v) is 6.45. The average Bonchev–Trinajstić information content (AvgIpc) is 2.35. The molecule has 0 unspecified atom stereocenters. The van der Waals surface area contributed by atoms with Crippen LogP contribution in [0.4, 0.5) is 0 Å². The van der Waals surface area contributed by atoms with Gasteiger partial charge in [0.15, 0.2) is 0 Å². The summed E-state index contributed by atoms with van der Waals surface area (Å²) in [6, 6.07) is 6.20. The molecule has 2 nitrogen and oxygen atoms in total. The summed E-state index contributed by atoms with van der Waals surface area (Å²) in [6.07, 6.45) is 2.01. The molecule has 0 spiro atoms. The first-order valence-electron chi connectivity index (χ1n) is 6.08. The van der Waals surface area contributed by atoms with E-state index in [-0.39, 0.29) is 0 Å². The van der Waals surface area contributed by atoms with Crippen LogP contribution in [0.2, 0.25) is 0 Å². The number of halogens is 2. The Hall–Kier alpha value is -0.520. The van der Waals surface area contributed by atoms with Gasteiger partial charge in [-0.25, -0.2) is 4.98 Å². The molecular weight excluding hydrogens is 388 g/mol. The standard InChI is InChI=1S/C14H14Br2N2S/c1-3-4-11-12(16)14(19)18-13(17-11)9-6-5-8(2)7-10(9)15/h5-7H,3-4H2,1-2H3,(H,17,18,19). The maximum atomic E-state index is 5.32. The number of benzene rings is 1. The third-order valence-electron chi connectivity index (χ3n) is 2.82. The average molecular weight is 402 g/mol. The Bertz CT molecular complexity index is 665. The molecule has 0 fully saturated rings. The van der Waals surface area contributed by atoms with Crippen LogP contribution in [0, 0.1) is 11.6 Å². The minimum Gasteiger partial charge on any atom is -0.342 e. The summed E-state index contributed by atoms with van der Waals surface area (Å²) in [6.45, 7) is 4.21. The van der Waals surface area contributed by atoms with Crippen molar-refractivity contribution >= 4 is 44.1 Å². The minimum atomic E-state index is 0.602. The van der Waals surface area contributed by atoms with Crippen LogP contribution in [0.25, 0.3) is 11.4 Å². The number of nitrogens with one attached hydrogen (secondary N) is 1. The fourth-order valence-electron chi connectivity index (χ4n) is 1.87. The Kier molecular flexibility index (Phi) is 4.92. The quantitative estimate of drug-likeness (QED) is 0.678.